The molecule has 0 bridgehead atoms. The second kappa shape index (κ2) is 6.28. The third-order valence-electron chi connectivity index (χ3n) is 2.26. The van der Waals surface area contributed by atoms with Crippen molar-refractivity contribution in [3.63, 3.8) is 0 Å². The SMILES string of the molecule is COC(=O)Cc1cc(C(F)(F)F)c(OC(F)(F)F)c(OC)n1. The Morgan fingerprint density at radius 3 is 2.18 bits per heavy atom. The van der Waals surface area contributed by atoms with Crippen LogP contribution in [0.25, 0.3) is 0 Å². The molecular weight excluding hydrogens is 324 g/mol. The van der Waals surface area contributed by atoms with E-state index in [1.54, 1.807) is 0 Å². The average molecular weight is 333 g/mol. The Kier molecular flexibility index (Phi) is 5.09. The first-order valence-corrected chi connectivity index (χ1v) is 5.45. The maximum absolute atomic E-state index is 12.9. The fraction of sp³-hybridized carbons (Fsp3) is 0.455. The average Bonchev–Trinajstić information content (AvgIpc) is 2.36. The third kappa shape index (κ3) is 4.67. The molecule has 0 saturated carbocycles. The zero-order valence-corrected chi connectivity index (χ0v) is 11.1. The predicted molar refractivity (Wildman–Crippen MR) is 58.2 cm³/mol. The van der Waals surface area contributed by atoms with E-state index < -0.39 is 47.8 Å². The number of aromatic nitrogens is 1. The summed E-state index contributed by atoms with van der Waals surface area (Å²) in [6.07, 6.45) is -11.2. The van der Waals surface area contributed by atoms with E-state index in [-0.39, 0.29) is 6.07 Å². The number of halogens is 6. The molecule has 11 heteroatoms. The minimum atomic E-state index is -5.38. The molecule has 0 aliphatic heterocycles. The van der Waals surface area contributed by atoms with Crippen molar-refractivity contribution >= 4 is 5.97 Å². The van der Waals surface area contributed by atoms with Gasteiger partial charge < -0.3 is 14.2 Å². The summed E-state index contributed by atoms with van der Waals surface area (Å²) in [5.41, 5.74) is -2.25. The zero-order chi connectivity index (χ0) is 17.1. The van der Waals surface area contributed by atoms with Crippen LogP contribution in [0.2, 0.25) is 0 Å². The van der Waals surface area contributed by atoms with Crippen LogP contribution in [0.1, 0.15) is 11.3 Å². The molecule has 0 spiro atoms. The minimum absolute atomic E-state index is 0.264. The second-order valence-corrected chi connectivity index (χ2v) is 3.80. The highest BCUT2D eigenvalue weighted by molar-refractivity contribution is 5.72. The van der Waals surface area contributed by atoms with Gasteiger partial charge in [0.25, 0.3) is 5.88 Å². The zero-order valence-electron chi connectivity index (χ0n) is 11.1. The van der Waals surface area contributed by atoms with Gasteiger partial charge in [-0.2, -0.15) is 13.2 Å². The molecule has 0 unspecified atom stereocenters. The standard InChI is InChI=1S/C11H9F6NO4/c1-20-7(19)4-5-3-6(10(12,13)14)8(9(18-5)21-2)22-11(15,16)17/h3H,4H2,1-2H3. The lowest BCUT2D eigenvalue weighted by Crippen LogP contribution is -2.22. The first-order chi connectivity index (χ1) is 9.97. The van der Waals surface area contributed by atoms with Gasteiger partial charge in [0.15, 0.2) is 0 Å². The lowest BCUT2D eigenvalue weighted by atomic mass is 10.1. The van der Waals surface area contributed by atoms with Crippen molar-refractivity contribution in [2.45, 2.75) is 19.0 Å². The molecule has 0 amide bonds. The fourth-order valence-corrected chi connectivity index (χ4v) is 1.43. The van der Waals surface area contributed by atoms with Crippen LogP contribution in [-0.4, -0.2) is 31.5 Å². The molecule has 0 atom stereocenters. The van der Waals surface area contributed by atoms with Crippen LogP contribution >= 0.6 is 0 Å². The van der Waals surface area contributed by atoms with Crippen LogP contribution in [-0.2, 0) is 22.1 Å². The number of hydrogen-bond donors (Lipinski definition) is 0. The summed E-state index contributed by atoms with van der Waals surface area (Å²) in [7, 11) is 1.80. The molecule has 0 aliphatic rings. The van der Waals surface area contributed by atoms with Gasteiger partial charge in [0.05, 0.1) is 26.3 Å². The molecule has 1 heterocycles. The summed E-state index contributed by atoms with van der Waals surface area (Å²) >= 11 is 0. The first kappa shape index (κ1) is 17.9. The Labute approximate surface area is 119 Å². The highest BCUT2D eigenvalue weighted by Gasteiger charge is 2.42. The number of methoxy groups -OCH3 is 2. The van der Waals surface area contributed by atoms with Crippen LogP contribution in [0.5, 0.6) is 11.6 Å². The Hall–Kier alpha value is -2.20. The summed E-state index contributed by atoms with van der Waals surface area (Å²) in [4.78, 5) is 14.4. The summed E-state index contributed by atoms with van der Waals surface area (Å²) in [5, 5.41) is 0. The number of rotatable bonds is 4. The van der Waals surface area contributed by atoms with E-state index in [0.29, 0.717) is 0 Å². The lowest BCUT2D eigenvalue weighted by Gasteiger charge is -2.18. The van der Waals surface area contributed by atoms with Crippen molar-refractivity contribution in [3.8, 4) is 11.6 Å². The normalized spacial score (nSPS) is 12.0. The van der Waals surface area contributed by atoms with E-state index in [4.69, 9.17) is 0 Å². The number of hydrogen-bond acceptors (Lipinski definition) is 5. The summed E-state index contributed by atoms with van der Waals surface area (Å²) in [6.45, 7) is 0. The molecule has 124 valence electrons. The summed E-state index contributed by atoms with van der Waals surface area (Å²) in [5.74, 6) is -3.60. The number of carbonyl (C=O) groups excluding carboxylic acids is 1. The monoisotopic (exact) mass is 333 g/mol. The van der Waals surface area contributed by atoms with Crippen molar-refractivity contribution in [3.05, 3.63) is 17.3 Å². The van der Waals surface area contributed by atoms with E-state index in [9.17, 15) is 31.1 Å². The Morgan fingerprint density at radius 2 is 1.77 bits per heavy atom. The van der Waals surface area contributed by atoms with Gasteiger partial charge in [-0.1, -0.05) is 0 Å². The van der Waals surface area contributed by atoms with Crippen LogP contribution in [0.3, 0.4) is 0 Å². The highest BCUT2D eigenvalue weighted by Crippen LogP contribution is 2.43. The predicted octanol–water partition coefficient (Wildman–Crippen LogP) is 2.72. The molecule has 0 fully saturated rings. The molecule has 5 nitrogen and oxygen atoms in total. The number of alkyl halides is 6. The van der Waals surface area contributed by atoms with Gasteiger partial charge in [-0.05, 0) is 6.07 Å². The molecular formula is C11H9F6NO4. The van der Waals surface area contributed by atoms with Gasteiger partial charge in [-0.3, -0.25) is 4.79 Å². The first-order valence-electron chi connectivity index (χ1n) is 5.45. The van der Waals surface area contributed by atoms with E-state index >= 15 is 0 Å². The van der Waals surface area contributed by atoms with Crippen LogP contribution in [0, 0.1) is 0 Å². The van der Waals surface area contributed by atoms with Crippen molar-refractivity contribution in [1.29, 1.82) is 0 Å². The third-order valence-corrected chi connectivity index (χ3v) is 2.26. The maximum atomic E-state index is 12.9. The fourth-order valence-electron chi connectivity index (χ4n) is 1.43. The summed E-state index contributed by atoms with van der Waals surface area (Å²) < 4.78 is 87.4. The van der Waals surface area contributed by atoms with E-state index in [1.807, 2.05) is 0 Å². The van der Waals surface area contributed by atoms with Crippen molar-refractivity contribution < 1.29 is 45.3 Å². The topological polar surface area (TPSA) is 57.7 Å². The molecule has 0 N–H and O–H groups in total. The molecule has 0 aromatic carbocycles. The number of nitrogens with zero attached hydrogens (tertiary/aromatic N) is 1. The van der Waals surface area contributed by atoms with Gasteiger partial charge >= 0.3 is 18.5 Å². The Bertz CT molecular complexity index is 555. The van der Waals surface area contributed by atoms with Crippen LogP contribution < -0.4 is 9.47 Å². The number of ether oxygens (including phenoxy) is 3. The van der Waals surface area contributed by atoms with Gasteiger partial charge in [0, 0.05) is 0 Å². The van der Waals surface area contributed by atoms with Crippen molar-refractivity contribution in [1.82, 2.24) is 4.98 Å². The van der Waals surface area contributed by atoms with Gasteiger partial charge in [-0.25, -0.2) is 4.98 Å². The van der Waals surface area contributed by atoms with Gasteiger partial charge in [0.2, 0.25) is 5.75 Å². The van der Waals surface area contributed by atoms with Crippen molar-refractivity contribution in [2.75, 3.05) is 14.2 Å². The van der Waals surface area contributed by atoms with Crippen molar-refractivity contribution in [2.24, 2.45) is 0 Å². The number of esters is 1. The summed E-state index contributed by atoms with van der Waals surface area (Å²) in [6, 6.07) is 0.264. The Morgan fingerprint density at radius 1 is 1.18 bits per heavy atom. The number of carbonyl (C=O) groups is 1. The largest absolute Gasteiger partial charge is 0.573 e. The minimum Gasteiger partial charge on any atom is -0.478 e. The molecule has 1 aromatic rings. The van der Waals surface area contributed by atoms with E-state index in [2.05, 4.69) is 19.2 Å². The maximum Gasteiger partial charge on any atom is 0.573 e. The van der Waals surface area contributed by atoms with E-state index in [0.717, 1.165) is 14.2 Å². The highest BCUT2D eigenvalue weighted by atomic mass is 19.4. The lowest BCUT2D eigenvalue weighted by molar-refractivity contribution is -0.276. The van der Waals surface area contributed by atoms with E-state index in [1.165, 1.54) is 0 Å². The van der Waals surface area contributed by atoms with Gasteiger partial charge in [0.1, 0.15) is 5.56 Å². The van der Waals surface area contributed by atoms with Crippen LogP contribution in [0.4, 0.5) is 26.3 Å². The molecule has 22 heavy (non-hydrogen) atoms. The molecule has 0 aliphatic carbocycles. The van der Waals surface area contributed by atoms with Gasteiger partial charge in [-0.15, -0.1) is 13.2 Å². The Balaban J connectivity index is 3.44. The molecule has 1 rings (SSSR count). The quantitative estimate of drug-likeness (QED) is 0.626. The molecule has 0 radical (unpaired) electrons. The van der Waals surface area contributed by atoms with Crippen LogP contribution in [0.15, 0.2) is 6.07 Å². The molecule has 0 saturated heterocycles. The smallest absolute Gasteiger partial charge is 0.478 e. The second-order valence-electron chi connectivity index (χ2n) is 3.80. The molecule has 1 aromatic heterocycles. The number of pyridine rings is 1.